The van der Waals surface area contributed by atoms with Gasteiger partial charge in [0.25, 0.3) is 0 Å². The highest BCUT2D eigenvalue weighted by atomic mass is 35.5. The van der Waals surface area contributed by atoms with E-state index in [1.165, 1.54) is 64.2 Å². The van der Waals surface area contributed by atoms with Crippen LogP contribution in [-0.2, 0) is 0 Å². The fraction of sp³-hybridized carbons (Fsp3) is 1.00. The molecule has 2 aliphatic carbocycles. The molecule has 2 saturated carbocycles. The van der Waals surface area contributed by atoms with E-state index in [0.29, 0.717) is 12.6 Å². The fourth-order valence-corrected chi connectivity index (χ4v) is 4.85. The summed E-state index contributed by atoms with van der Waals surface area (Å²) in [5.74, 6) is 0.752. The number of likely N-dealkylation sites (N-methyl/N-ethyl adjacent to an activating group) is 1. The molecule has 0 radical (unpaired) electrons. The molecule has 7 heteroatoms. The molecule has 0 saturated heterocycles. The summed E-state index contributed by atoms with van der Waals surface area (Å²) >= 11 is 5.51. The van der Waals surface area contributed by atoms with E-state index in [-0.39, 0.29) is 6.61 Å². The summed E-state index contributed by atoms with van der Waals surface area (Å²) < 4.78 is 0. The third kappa shape index (κ3) is 19.0. The molecule has 2 fully saturated rings. The van der Waals surface area contributed by atoms with E-state index in [1.54, 1.807) is 0 Å². The molecule has 0 heterocycles. The molecular weight excluding hydrogens is 436 g/mol. The first-order valence-corrected chi connectivity index (χ1v) is 14.2. The Morgan fingerprint density at radius 2 is 1.33 bits per heavy atom. The van der Waals surface area contributed by atoms with E-state index in [4.69, 9.17) is 21.8 Å². The Kier molecular flexibility index (Phi) is 23.8. The Hall–Kier alpha value is 0.0500. The van der Waals surface area contributed by atoms with E-state index in [1.807, 2.05) is 0 Å². The van der Waals surface area contributed by atoms with Gasteiger partial charge in [-0.15, -0.1) is 11.6 Å². The lowest BCUT2D eigenvalue weighted by molar-refractivity contribution is 0.115. The minimum atomic E-state index is 0.274. The van der Waals surface area contributed by atoms with Crippen molar-refractivity contribution in [1.82, 2.24) is 20.0 Å². The number of halogens is 1. The summed E-state index contributed by atoms with van der Waals surface area (Å²) in [6.07, 6.45) is 13.5. The lowest BCUT2D eigenvalue weighted by Crippen LogP contribution is -2.42. The van der Waals surface area contributed by atoms with Crippen molar-refractivity contribution in [3.63, 3.8) is 0 Å². The van der Waals surface area contributed by atoms with Crippen LogP contribution in [0.1, 0.15) is 78.1 Å². The second-order valence-corrected chi connectivity index (χ2v) is 9.96. The highest BCUT2D eigenvalue weighted by Crippen LogP contribution is 2.22. The maximum absolute atomic E-state index is 9.08. The molecule has 200 valence electrons. The summed E-state index contributed by atoms with van der Waals surface area (Å²) in [6.45, 7) is 11.9. The van der Waals surface area contributed by atoms with Gasteiger partial charge in [0.2, 0.25) is 0 Å². The van der Waals surface area contributed by atoms with Crippen LogP contribution < -0.4 is 5.32 Å². The zero-order valence-corrected chi connectivity index (χ0v) is 23.2. The number of hydrogen-bond donors (Lipinski definition) is 3. The van der Waals surface area contributed by atoms with Gasteiger partial charge in [-0.2, -0.15) is 0 Å². The van der Waals surface area contributed by atoms with Crippen molar-refractivity contribution in [2.24, 2.45) is 0 Å². The molecule has 0 aromatic heterocycles. The molecular formula is C26H57ClN4O2. The molecule has 2 aliphatic rings. The van der Waals surface area contributed by atoms with Gasteiger partial charge in [-0.05, 0) is 52.9 Å². The number of nitrogens with one attached hydrogen (secondary N) is 1. The van der Waals surface area contributed by atoms with E-state index >= 15 is 0 Å². The maximum atomic E-state index is 9.08. The van der Waals surface area contributed by atoms with Gasteiger partial charge in [-0.3, -0.25) is 4.90 Å². The Morgan fingerprint density at radius 3 is 1.76 bits per heavy atom. The quantitative estimate of drug-likeness (QED) is 0.341. The second kappa shape index (κ2) is 23.8. The average Bonchev–Trinajstić information content (AvgIpc) is 2.85. The topological polar surface area (TPSA) is 62.2 Å². The van der Waals surface area contributed by atoms with Gasteiger partial charge in [-0.1, -0.05) is 52.4 Å². The molecule has 0 bridgehead atoms. The van der Waals surface area contributed by atoms with Crippen molar-refractivity contribution in [2.75, 3.05) is 79.0 Å². The van der Waals surface area contributed by atoms with Gasteiger partial charge < -0.3 is 25.3 Å². The van der Waals surface area contributed by atoms with Crippen LogP contribution in [-0.4, -0.2) is 116 Å². The van der Waals surface area contributed by atoms with Crippen molar-refractivity contribution >= 4 is 11.6 Å². The van der Waals surface area contributed by atoms with E-state index < -0.39 is 0 Å². The van der Waals surface area contributed by atoms with Gasteiger partial charge in [0.05, 0.1) is 13.2 Å². The molecule has 0 aliphatic heterocycles. The molecule has 2 rings (SSSR count). The number of aliphatic hydroxyl groups is 2. The molecule has 0 spiro atoms. The van der Waals surface area contributed by atoms with Gasteiger partial charge in [0.15, 0.2) is 0 Å². The van der Waals surface area contributed by atoms with Gasteiger partial charge >= 0.3 is 0 Å². The largest absolute Gasteiger partial charge is 0.395 e. The highest BCUT2D eigenvalue weighted by Gasteiger charge is 2.20. The van der Waals surface area contributed by atoms with Crippen molar-refractivity contribution in [2.45, 2.75) is 90.1 Å². The summed E-state index contributed by atoms with van der Waals surface area (Å²) in [7, 11) is 4.22. The number of alkyl halides is 1. The summed E-state index contributed by atoms with van der Waals surface area (Å²) in [5.41, 5.74) is 0. The van der Waals surface area contributed by atoms with E-state index in [2.05, 4.69) is 48.0 Å². The number of aliphatic hydroxyl groups excluding tert-OH is 2. The van der Waals surface area contributed by atoms with Crippen LogP contribution in [0.25, 0.3) is 0 Å². The smallest absolute Gasteiger partial charge is 0.0558 e. The molecule has 3 N–H and O–H groups in total. The molecule has 0 unspecified atom stereocenters. The number of nitrogens with zero attached hydrogens (tertiary/aromatic N) is 3. The molecule has 0 aromatic rings. The van der Waals surface area contributed by atoms with E-state index in [0.717, 1.165) is 57.7 Å². The van der Waals surface area contributed by atoms with Crippen LogP contribution in [0.3, 0.4) is 0 Å². The third-order valence-electron chi connectivity index (χ3n) is 6.76. The standard InChI is InChI=1S/C12H26N2O.C8H17NO.C6H14ClN/c1-13(2)8-9-14(10-11-15)12-6-4-3-5-7-12;10-7-6-9-8-4-2-1-3-5-8;1-3-8(4-2)6-5-7/h12,15H,3-11H2,1-2H3;8-10H,1-7H2;3-6H2,1-2H3. The van der Waals surface area contributed by atoms with Crippen molar-refractivity contribution in [3.8, 4) is 0 Å². The first-order chi connectivity index (χ1) is 16.0. The fourth-order valence-electron chi connectivity index (χ4n) is 4.61. The monoisotopic (exact) mass is 492 g/mol. The molecule has 0 atom stereocenters. The summed E-state index contributed by atoms with van der Waals surface area (Å²) in [6, 6.07) is 1.42. The lowest BCUT2D eigenvalue weighted by Gasteiger charge is -2.34. The normalized spacial score (nSPS) is 17.6. The van der Waals surface area contributed by atoms with Gasteiger partial charge in [0.1, 0.15) is 0 Å². The zero-order valence-electron chi connectivity index (χ0n) is 22.4. The zero-order chi connectivity index (χ0) is 24.7. The average molecular weight is 493 g/mol. The first-order valence-electron chi connectivity index (χ1n) is 13.6. The van der Waals surface area contributed by atoms with Crippen LogP contribution in [0.4, 0.5) is 0 Å². The van der Waals surface area contributed by atoms with E-state index in [9.17, 15) is 0 Å². The predicted octanol–water partition coefficient (Wildman–Crippen LogP) is 3.64. The Morgan fingerprint density at radius 1 is 0.758 bits per heavy atom. The first kappa shape index (κ1) is 33.0. The summed E-state index contributed by atoms with van der Waals surface area (Å²) in [4.78, 5) is 6.99. The third-order valence-corrected chi connectivity index (χ3v) is 6.93. The molecule has 33 heavy (non-hydrogen) atoms. The van der Waals surface area contributed by atoms with Crippen LogP contribution in [0, 0.1) is 0 Å². The molecule has 0 aromatic carbocycles. The highest BCUT2D eigenvalue weighted by molar-refractivity contribution is 6.18. The Labute approximate surface area is 211 Å². The number of rotatable bonds is 13. The minimum Gasteiger partial charge on any atom is -0.395 e. The summed E-state index contributed by atoms with van der Waals surface area (Å²) in [5, 5.41) is 20.9. The predicted molar refractivity (Wildman–Crippen MR) is 145 cm³/mol. The number of hydrogen-bond acceptors (Lipinski definition) is 6. The maximum Gasteiger partial charge on any atom is 0.0558 e. The molecule has 6 nitrogen and oxygen atoms in total. The minimum absolute atomic E-state index is 0.274. The Balaban J connectivity index is 0.000000495. The van der Waals surface area contributed by atoms with Gasteiger partial charge in [0, 0.05) is 50.7 Å². The SMILES string of the molecule is CCN(CC)CCCl.CN(C)CCN(CCO)C1CCCCC1.OCCNC1CCCCC1. The van der Waals surface area contributed by atoms with Crippen molar-refractivity contribution in [3.05, 3.63) is 0 Å². The van der Waals surface area contributed by atoms with Crippen LogP contribution in [0.2, 0.25) is 0 Å². The second-order valence-electron chi connectivity index (χ2n) is 9.58. The van der Waals surface area contributed by atoms with Crippen molar-refractivity contribution < 1.29 is 10.2 Å². The van der Waals surface area contributed by atoms with Crippen LogP contribution in [0.5, 0.6) is 0 Å². The van der Waals surface area contributed by atoms with Crippen LogP contribution in [0.15, 0.2) is 0 Å². The van der Waals surface area contributed by atoms with Crippen LogP contribution >= 0.6 is 11.6 Å². The van der Waals surface area contributed by atoms with Crippen molar-refractivity contribution in [1.29, 1.82) is 0 Å². The van der Waals surface area contributed by atoms with Gasteiger partial charge in [-0.25, -0.2) is 0 Å². The molecule has 0 amide bonds. The Bertz CT molecular complexity index is 388. The lowest BCUT2D eigenvalue weighted by atomic mass is 9.94.